The number of benzene rings is 1. The van der Waals surface area contributed by atoms with E-state index in [4.69, 9.17) is 11.6 Å². The number of hydrogen-bond donors (Lipinski definition) is 1. The third-order valence-corrected chi connectivity index (χ3v) is 6.45. The highest BCUT2D eigenvalue weighted by atomic mass is 35.5. The van der Waals surface area contributed by atoms with Gasteiger partial charge >= 0.3 is 0 Å². The number of hydrogen-bond acceptors (Lipinski definition) is 5. The van der Waals surface area contributed by atoms with Crippen LogP contribution in [0.1, 0.15) is 60.3 Å². The molecule has 1 fully saturated rings. The van der Waals surface area contributed by atoms with E-state index in [1.807, 2.05) is 4.90 Å². The standard InChI is InChI=1S/C20H25ClN4O2S/c1-3-13(4-2)20(27)25-10-6-7-14(12-25)18-23-24-19(28-18)17(26)22-16-9-5-8-15(21)11-16/h5,8-9,11,13-14H,3-4,6-7,10,12H2,1-2H3,(H,22,26). The Kier molecular flexibility index (Phi) is 7.02. The lowest BCUT2D eigenvalue weighted by atomic mass is 9.95. The number of nitrogens with one attached hydrogen (secondary N) is 1. The molecule has 1 aliphatic rings. The zero-order chi connectivity index (χ0) is 20.1. The molecule has 6 nitrogen and oxygen atoms in total. The van der Waals surface area contributed by atoms with E-state index in [2.05, 4.69) is 29.4 Å². The summed E-state index contributed by atoms with van der Waals surface area (Å²) in [6.07, 6.45) is 3.63. The summed E-state index contributed by atoms with van der Waals surface area (Å²) in [4.78, 5) is 27.1. The van der Waals surface area contributed by atoms with E-state index >= 15 is 0 Å². The zero-order valence-electron chi connectivity index (χ0n) is 16.2. The Labute approximate surface area is 174 Å². The molecule has 28 heavy (non-hydrogen) atoms. The predicted molar refractivity (Wildman–Crippen MR) is 112 cm³/mol. The first-order valence-corrected chi connectivity index (χ1v) is 10.9. The van der Waals surface area contributed by atoms with Crippen LogP contribution in [0.3, 0.4) is 0 Å². The van der Waals surface area contributed by atoms with Gasteiger partial charge in [0.15, 0.2) is 0 Å². The van der Waals surface area contributed by atoms with Gasteiger partial charge in [-0.1, -0.05) is 42.9 Å². The maximum absolute atomic E-state index is 12.7. The number of nitrogens with zero attached hydrogens (tertiary/aromatic N) is 3. The summed E-state index contributed by atoms with van der Waals surface area (Å²) < 4.78 is 0. The van der Waals surface area contributed by atoms with E-state index in [9.17, 15) is 9.59 Å². The minimum absolute atomic E-state index is 0.0900. The average molecular weight is 421 g/mol. The molecule has 150 valence electrons. The van der Waals surface area contributed by atoms with Gasteiger partial charge in [0.2, 0.25) is 10.9 Å². The monoisotopic (exact) mass is 420 g/mol. The molecule has 0 radical (unpaired) electrons. The van der Waals surface area contributed by atoms with Gasteiger partial charge in [-0.05, 0) is 43.9 Å². The normalized spacial score (nSPS) is 17.0. The van der Waals surface area contributed by atoms with Gasteiger partial charge in [0.1, 0.15) is 5.01 Å². The minimum Gasteiger partial charge on any atom is -0.342 e. The molecule has 1 saturated heterocycles. The van der Waals surface area contributed by atoms with Gasteiger partial charge in [-0.25, -0.2) is 0 Å². The van der Waals surface area contributed by atoms with E-state index in [0.29, 0.717) is 22.3 Å². The van der Waals surface area contributed by atoms with E-state index in [1.54, 1.807) is 24.3 Å². The van der Waals surface area contributed by atoms with Gasteiger partial charge in [-0.3, -0.25) is 9.59 Å². The molecule has 8 heteroatoms. The number of carbonyl (C=O) groups excluding carboxylic acids is 2. The number of rotatable bonds is 6. The number of carbonyl (C=O) groups is 2. The van der Waals surface area contributed by atoms with Crippen molar-refractivity contribution in [2.24, 2.45) is 5.92 Å². The Morgan fingerprint density at radius 3 is 2.82 bits per heavy atom. The smallest absolute Gasteiger partial charge is 0.286 e. The summed E-state index contributed by atoms with van der Waals surface area (Å²) in [5, 5.41) is 12.8. The minimum atomic E-state index is -0.299. The summed E-state index contributed by atoms with van der Waals surface area (Å²) in [6, 6.07) is 6.98. The predicted octanol–water partition coefficient (Wildman–Crippen LogP) is 4.59. The number of amides is 2. The van der Waals surface area contributed by atoms with Crippen LogP contribution in [0.15, 0.2) is 24.3 Å². The third kappa shape index (κ3) is 4.89. The van der Waals surface area contributed by atoms with Crippen LogP contribution in [0, 0.1) is 5.92 Å². The molecule has 0 saturated carbocycles. The summed E-state index contributed by atoms with van der Waals surface area (Å²) in [7, 11) is 0. The van der Waals surface area contributed by atoms with Crippen LogP contribution in [0.25, 0.3) is 0 Å². The molecule has 2 aromatic rings. The number of halogens is 1. The molecular weight excluding hydrogens is 396 g/mol. The van der Waals surface area contributed by atoms with Crippen LogP contribution in [0.4, 0.5) is 5.69 Å². The molecule has 0 spiro atoms. The average Bonchev–Trinajstić information content (AvgIpc) is 3.19. The molecule has 2 heterocycles. The summed E-state index contributed by atoms with van der Waals surface area (Å²) in [6.45, 7) is 5.57. The molecule has 2 amide bonds. The molecule has 1 unspecified atom stereocenters. The topological polar surface area (TPSA) is 75.2 Å². The molecule has 0 aliphatic carbocycles. The number of aromatic nitrogens is 2. The first-order valence-electron chi connectivity index (χ1n) is 9.70. The second kappa shape index (κ2) is 9.47. The van der Waals surface area contributed by atoms with Crippen molar-refractivity contribution >= 4 is 40.4 Å². The van der Waals surface area contributed by atoms with Crippen molar-refractivity contribution in [2.45, 2.75) is 45.4 Å². The fraction of sp³-hybridized carbons (Fsp3) is 0.500. The maximum Gasteiger partial charge on any atom is 0.286 e. The number of anilines is 1. The van der Waals surface area contributed by atoms with Gasteiger partial charge in [0, 0.05) is 35.6 Å². The summed E-state index contributed by atoms with van der Waals surface area (Å²) >= 11 is 7.25. The Bertz CT molecular complexity index is 837. The van der Waals surface area contributed by atoms with Crippen LogP contribution >= 0.6 is 22.9 Å². The second-order valence-electron chi connectivity index (χ2n) is 7.05. The van der Waals surface area contributed by atoms with Crippen molar-refractivity contribution < 1.29 is 9.59 Å². The van der Waals surface area contributed by atoms with E-state index in [1.165, 1.54) is 11.3 Å². The number of likely N-dealkylation sites (tertiary alicyclic amines) is 1. The highest BCUT2D eigenvalue weighted by Gasteiger charge is 2.30. The lowest BCUT2D eigenvalue weighted by Crippen LogP contribution is -2.42. The molecule has 1 atom stereocenters. The third-order valence-electron chi connectivity index (χ3n) is 5.13. The summed E-state index contributed by atoms with van der Waals surface area (Å²) in [5.41, 5.74) is 0.619. The quantitative estimate of drug-likeness (QED) is 0.741. The zero-order valence-corrected chi connectivity index (χ0v) is 17.7. The first-order chi connectivity index (χ1) is 13.5. The van der Waals surface area contributed by atoms with Crippen LogP contribution in [0.5, 0.6) is 0 Å². The van der Waals surface area contributed by atoms with Crippen molar-refractivity contribution in [2.75, 3.05) is 18.4 Å². The fourth-order valence-electron chi connectivity index (χ4n) is 3.52. The largest absolute Gasteiger partial charge is 0.342 e. The molecular formula is C20H25ClN4O2S. The summed E-state index contributed by atoms with van der Waals surface area (Å²) in [5.74, 6) is 0.161. The van der Waals surface area contributed by atoms with Crippen molar-refractivity contribution in [3.8, 4) is 0 Å². The molecule has 1 aromatic heterocycles. The van der Waals surface area contributed by atoms with E-state index < -0.39 is 0 Å². The van der Waals surface area contributed by atoms with E-state index in [-0.39, 0.29) is 23.7 Å². The highest BCUT2D eigenvalue weighted by Crippen LogP contribution is 2.30. The van der Waals surface area contributed by atoms with Gasteiger partial charge < -0.3 is 10.2 Å². The van der Waals surface area contributed by atoms with Crippen LogP contribution in [0.2, 0.25) is 5.02 Å². The lowest BCUT2D eigenvalue weighted by Gasteiger charge is -2.33. The highest BCUT2D eigenvalue weighted by molar-refractivity contribution is 7.13. The Morgan fingerprint density at radius 1 is 1.32 bits per heavy atom. The molecule has 1 N–H and O–H groups in total. The van der Waals surface area contributed by atoms with Crippen molar-refractivity contribution in [3.05, 3.63) is 39.3 Å². The molecule has 3 rings (SSSR count). The van der Waals surface area contributed by atoms with Crippen LogP contribution in [-0.2, 0) is 4.79 Å². The van der Waals surface area contributed by atoms with Gasteiger partial charge in [0.05, 0.1) is 0 Å². The second-order valence-corrected chi connectivity index (χ2v) is 8.49. The van der Waals surface area contributed by atoms with E-state index in [0.717, 1.165) is 37.2 Å². The molecule has 1 aromatic carbocycles. The van der Waals surface area contributed by atoms with Crippen LogP contribution < -0.4 is 5.32 Å². The Hall–Kier alpha value is -1.99. The van der Waals surface area contributed by atoms with Gasteiger partial charge in [-0.2, -0.15) is 0 Å². The van der Waals surface area contributed by atoms with Gasteiger partial charge in [-0.15, -0.1) is 10.2 Å². The molecule has 1 aliphatic heterocycles. The number of piperidine rings is 1. The van der Waals surface area contributed by atoms with Gasteiger partial charge in [0.25, 0.3) is 5.91 Å². The Balaban J connectivity index is 1.65. The first kappa shape index (κ1) is 20.7. The molecule has 0 bridgehead atoms. The maximum atomic E-state index is 12.7. The van der Waals surface area contributed by atoms with Crippen LogP contribution in [-0.4, -0.2) is 40.0 Å². The lowest BCUT2D eigenvalue weighted by molar-refractivity contribution is -0.137. The fourth-order valence-corrected chi connectivity index (χ4v) is 4.57. The van der Waals surface area contributed by atoms with Crippen molar-refractivity contribution in [3.63, 3.8) is 0 Å². The van der Waals surface area contributed by atoms with Crippen molar-refractivity contribution in [1.82, 2.24) is 15.1 Å². The SMILES string of the molecule is CCC(CC)C(=O)N1CCCC(c2nnc(C(=O)Nc3cccc(Cl)c3)s2)C1. The van der Waals surface area contributed by atoms with Crippen molar-refractivity contribution in [1.29, 1.82) is 0 Å². The Morgan fingerprint density at radius 2 is 2.11 bits per heavy atom.